The molecule has 2 fully saturated rings. The number of H-pyrrole nitrogens is 1. The van der Waals surface area contributed by atoms with Crippen LogP contribution in [0.1, 0.15) is 39.5 Å². The normalized spacial score (nSPS) is 28.4. The summed E-state index contributed by atoms with van der Waals surface area (Å²) < 4.78 is 6.17. The van der Waals surface area contributed by atoms with Gasteiger partial charge in [0.05, 0.1) is 11.9 Å². The number of piperidine rings is 1. The maximum atomic E-state index is 10.5. The third-order valence-electron chi connectivity index (χ3n) is 6.22. The lowest BCUT2D eigenvalue weighted by atomic mass is 9.86. The van der Waals surface area contributed by atoms with E-state index in [2.05, 4.69) is 39.6 Å². The average molecular weight is 391 g/mol. The molecule has 5 rings (SSSR count). The predicted molar refractivity (Wildman–Crippen MR) is 110 cm³/mol. The van der Waals surface area contributed by atoms with Crippen LogP contribution in [0.2, 0.25) is 0 Å². The topological polar surface area (TPSA) is 96.0 Å². The number of nitrogens with zero attached hydrogens (tertiary/aromatic N) is 3. The standard InChI is InChI=1S/C22H25N5O2/c1-21-7-8-22(2,27-21)11-16(10-21)29-20-6-5-18(25-26-20)17-4-3-14(9-19(17)28)15-12-23-24-13-15/h3-6,9,12-13,16,27-28H,7-8,10-11H2,1-2H3,(H,23,24). The number of rotatable bonds is 4. The summed E-state index contributed by atoms with van der Waals surface area (Å²) in [6.45, 7) is 4.55. The van der Waals surface area contributed by atoms with E-state index in [0.717, 1.165) is 24.0 Å². The largest absolute Gasteiger partial charge is 0.507 e. The molecule has 3 N–H and O–H groups in total. The summed E-state index contributed by atoms with van der Waals surface area (Å²) in [5.41, 5.74) is 3.34. The Morgan fingerprint density at radius 2 is 1.83 bits per heavy atom. The van der Waals surface area contributed by atoms with Crippen molar-refractivity contribution < 1.29 is 9.84 Å². The molecule has 7 heteroatoms. The van der Waals surface area contributed by atoms with Crippen LogP contribution in [0.3, 0.4) is 0 Å². The van der Waals surface area contributed by atoms with Crippen LogP contribution in [-0.4, -0.2) is 42.7 Å². The maximum Gasteiger partial charge on any atom is 0.233 e. The van der Waals surface area contributed by atoms with Crippen LogP contribution in [-0.2, 0) is 0 Å². The Kier molecular flexibility index (Phi) is 4.10. The Balaban J connectivity index is 1.32. The van der Waals surface area contributed by atoms with Crippen LogP contribution in [0.4, 0.5) is 0 Å². The van der Waals surface area contributed by atoms with Crippen molar-refractivity contribution in [2.75, 3.05) is 0 Å². The summed E-state index contributed by atoms with van der Waals surface area (Å²) in [5, 5.41) is 29.5. The van der Waals surface area contributed by atoms with E-state index >= 15 is 0 Å². The summed E-state index contributed by atoms with van der Waals surface area (Å²) in [6.07, 6.45) is 7.95. The summed E-state index contributed by atoms with van der Waals surface area (Å²) in [4.78, 5) is 0. The second-order valence-electron chi connectivity index (χ2n) is 8.87. The van der Waals surface area contributed by atoms with Gasteiger partial charge in [-0.15, -0.1) is 10.2 Å². The zero-order valence-corrected chi connectivity index (χ0v) is 16.6. The van der Waals surface area contributed by atoms with Crippen LogP contribution in [0.5, 0.6) is 11.6 Å². The van der Waals surface area contributed by atoms with Crippen molar-refractivity contribution in [1.82, 2.24) is 25.7 Å². The van der Waals surface area contributed by atoms with E-state index in [-0.39, 0.29) is 22.9 Å². The summed E-state index contributed by atoms with van der Waals surface area (Å²) >= 11 is 0. The van der Waals surface area contributed by atoms with Gasteiger partial charge in [0.1, 0.15) is 11.9 Å². The van der Waals surface area contributed by atoms with Gasteiger partial charge in [-0.25, -0.2) is 0 Å². The first-order chi connectivity index (χ1) is 13.9. The number of benzene rings is 1. The minimum Gasteiger partial charge on any atom is -0.507 e. The lowest BCUT2D eigenvalue weighted by Crippen LogP contribution is -2.56. The van der Waals surface area contributed by atoms with E-state index in [1.165, 1.54) is 12.8 Å². The SMILES string of the molecule is CC12CCC(C)(CC(Oc3ccc(-c4ccc(-c5cn[nH]c5)cc4O)nn3)C1)N2. The monoisotopic (exact) mass is 391 g/mol. The molecule has 1 aromatic carbocycles. The van der Waals surface area contributed by atoms with Crippen molar-refractivity contribution in [3.8, 4) is 34.0 Å². The molecule has 3 aromatic rings. The zero-order chi connectivity index (χ0) is 20.1. The molecular weight excluding hydrogens is 366 g/mol. The Labute approximate surface area is 169 Å². The van der Waals surface area contributed by atoms with E-state index in [1.54, 1.807) is 18.5 Å². The smallest absolute Gasteiger partial charge is 0.233 e. The molecule has 2 aliphatic heterocycles. The quantitative estimate of drug-likeness (QED) is 0.628. The fourth-order valence-corrected chi connectivity index (χ4v) is 4.91. The second kappa shape index (κ2) is 6.56. The molecule has 29 heavy (non-hydrogen) atoms. The van der Waals surface area contributed by atoms with Gasteiger partial charge < -0.3 is 15.2 Å². The first-order valence-corrected chi connectivity index (χ1v) is 10.0. The third kappa shape index (κ3) is 3.46. The van der Waals surface area contributed by atoms with Crippen LogP contribution in [0.25, 0.3) is 22.4 Å². The van der Waals surface area contributed by atoms with E-state index in [1.807, 2.05) is 24.3 Å². The highest BCUT2D eigenvalue weighted by Gasteiger charge is 2.49. The number of phenolic OH excluding ortho intramolecular Hbond substituents is 1. The van der Waals surface area contributed by atoms with E-state index in [0.29, 0.717) is 17.1 Å². The molecule has 4 heterocycles. The van der Waals surface area contributed by atoms with Crippen LogP contribution in [0, 0.1) is 0 Å². The van der Waals surface area contributed by atoms with Crippen molar-refractivity contribution in [2.24, 2.45) is 0 Å². The molecule has 150 valence electrons. The molecule has 2 saturated heterocycles. The van der Waals surface area contributed by atoms with Crippen molar-refractivity contribution in [3.05, 3.63) is 42.7 Å². The van der Waals surface area contributed by atoms with Gasteiger partial charge >= 0.3 is 0 Å². The van der Waals surface area contributed by atoms with E-state index in [9.17, 15) is 5.11 Å². The molecule has 2 aliphatic rings. The molecule has 0 radical (unpaired) electrons. The Morgan fingerprint density at radius 3 is 2.45 bits per heavy atom. The number of aromatic nitrogens is 4. The highest BCUT2D eigenvalue weighted by atomic mass is 16.5. The van der Waals surface area contributed by atoms with Gasteiger partial charge in [0.25, 0.3) is 0 Å². The molecule has 2 aromatic heterocycles. The van der Waals surface area contributed by atoms with Gasteiger partial charge in [-0.05, 0) is 50.5 Å². The predicted octanol–water partition coefficient (Wildman–Crippen LogP) is 3.68. The van der Waals surface area contributed by atoms with Gasteiger partial charge in [-0.3, -0.25) is 5.10 Å². The van der Waals surface area contributed by atoms with Crippen molar-refractivity contribution in [3.63, 3.8) is 0 Å². The first-order valence-electron chi connectivity index (χ1n) is 10.0. The number of aromatic amines is 1. The lowest BCUT2D eigenvalue weighted by Gasteiger charge is -2.41. The van der Waals surface area contributed by atoms with E-state index in [4.69, 9.17) is 4.74 Å². The molecule has 2 bridgehead atoms. The van der Waals surface area contributed by atoms with Crippen molar-refractivity contribution in [1.29, 1.82) is 0 Å². The fraction of sp³-hybridized carbons (Fsp3) is 0.409. The van der Waals surface area contributed by atoms with Gasteiger partial charge in [-0.1, -0.05) is 6.07 Å². The van der Waals surface area contributed by atoms with Crippen molar-refractivity contribution in [2.45, 2.75) is 56.7 Å². The Bertz CT molecular complexity index is 1000. The highest BCUT2D eigenvalue weighted by molar-refractivity contribution is 5.73. The first kappa shape index (κ1) is 18.1. The lowest BCUT2D eigenvalue weighted by molar-refractivity contribution is 0.0754. The summed E-state index contributed by atoms with van der Waals surface area (Å²) in [7, 11) is 0. The number of ether oxygens (including phenoxy) is 1. The molecule has 0 spiro atoms. The number of hydrogen-bond donors (Lipinski definition) is 3. The van der Waals surface area contributed by atoms with Crippen LogP contribution < -0.4 is 10.1 Å². The van der Waals surface area contributed by atoms with Gasteiger partial charge in [0.15, 0.2) is 0 Å². The molecule has 0 aliphatic carbocycles. The minimum absolute atomic E-state index is 0.136. The minimum atomic E-state index is 0.136. The fourth-order valence-electron chi connectivity index (χ4n) is 4.91. The summed E-state index contributed by atoms with van der Waals surface area (Å²) in [5.74, 6) is 0.684. The molecule has 2 unspecified atom stereocenters. The number of nitrogens with one attached hydrogen (secondary N) is 2. The molecule has 0 saturated carbocycles. The number of fused-ring (bicyclic) bond motifs is 2. The second-order valence-corrected chi connectivity index (χ2v) is 8.87. The number of phenols is 1. The average Bonchev–Trinajstić information content (AvgIpc) is 3.28. The molecule has 7 nitrogen and oxygen atoms in total. The number of aromatic hydroxyl groups is 1. The highest BCUT2D eigenvalue weighted by Crippen LogP contribution is 2.43. The Morgan fingerprint density at radius 1 is 1.03 bits per heavy atom. The van der Waals surface area contributed by atoms with Gasteiger partial charge in [0, 0.05) is 47.3 Å². The molecular formula is C22H25N5O2. The zero-order valence-electron chi connectivity index (χ0n) is 16.6. The third-order valence-corrected chi connectivity index (χ3v) is 6.22. The van der Waals surface area contributed by atoms with Crippen LogP contribution >= 0.6 is 0 Å². The van der Waals surface area contributed by atoms with E-state index < -0.39 is 0 Å². The number of hydrogen-bond acceptors (Lipinski definition) is 6. The summed E-state index contributed by atoms with van der Waals surface area (Å²) in [6, 6.07) is 9.15. The van der Waals surface area contributed by atoms with Crippen molar-refractivity contribution >= 4 is 0 Å². The van der Waals surface area contributed by atoms with Gasteiger partial charge in [-0.2, -0.15) is 5.10 Å². The molecule has 2 atom stereocenters. The Hall–Kier alpha value is -2.93. The van der Waals surface area contributed by atoms with Gasteiger partial charge in [0.2, 0.25) is 5.88 Å². The maximum absolute atomic E-state index is 10.5. The molecule has 0 amide bonds. The van der Waals surface area contributed by atoms with Crippen LogP contribution in [0.15, 0.2) is 42.7 Å².